The number of hydrogen-bond donors (Lipinski definition) is 1. The molecule has 0 fully saturated rings. The molecule has 0 aromatic heterocycles. The summed E-state index contributed by atoms with van der Waals surface area (Å²) in [6.45, 7) is 7.90. The van der Waals surface area contributed by atoms with Crippen LogP contribution in [0.5, 0.6) is 5.75 Å². The van der Waals surface area contributed by atoms with E-state index in [9.17, 15) is 4.79 Å². The number of carbonyl (C=O) groups is 1. The first-order valence-corrected chi connectivity index (χ1v) is 5.70. The van der Waals surface area contributed by atoms with Crippen LogP contribution < -0.4 is 10.2 Å². The average molecular weight is 237 g/mol. The van der Waals surface area contributed by atoms with Crippen LogP contribution in [0.4, 0.5) is 0 Å². The van der Waals surface area contributed by atoms with Crippen LogP contribution in [0.3, 0.4) is 0 Å². The third-order valence-electron chi connectivity index (χ3n) is 2.54. The second-order valence-electron chi connectivity index (χ2n) is 3.86. The molecule has 0 saturated heterocycles. The molecular weight excluding hydrogens is 218 g/mol. The Morgan fingerprint density at radius 3 is 2.76 bits per heavy atom. The van der Waals surface area contributed by atoms with Gasteiger partial charge in [-0.05, 0) is 44.9 Å². The lowest BCUT2D eigenvalue weighted by Gasteiger charge is -2.16. The number of carbonyl (C=O) groups excluding carboxylic acids is 1. The van der Waals surface area contributed by atoms with Crippen molar-refractivity contribution in [3.05, 3.63) is 29.3 Å². The maximum absolute atomic E-state index is 11.5. The molecule has 4 heteroatoms. The normalized spacial score (nSPS) is 12.0. The molecule has 1 N–H and O–H groups in total. The van der Waals surface area contributed by atoms with Crippen LogP contribution in [0.2, 0.25) is 0 Å². The molecule has 17 heavy (non-hydrogen) atoms. The Morgan fingerprint density at radius 2 is 2.12 bits per heavy atom. The molecule has 0 aliphatic rings. The van der Waals surface area contributed by atoms with E-state index in [0.29, 0.717) is 6.61 Å². The molecule has 0 aliphatic heterocycles. The van der Waals surface area contributed by atoms with Gasteiger partial charge in [0, 0.05) is 0 Å². The van der Waals surface area contributed by atoms with Crippen LogP contribution in [0.1, 0.15) is 25.0 Å². The maximum atomic E-state index is 11.5. The van der Waals surface area contributed by atoms with Crippen molar-refractivity contribution in [3.8, 4) is 5.75 Å². The van der Waals surface area contributed by atoms with E-state index in [0.717, 1.165) is 16.9 Å². The lowest BCUT2D eigenvalue weighted by atomic mass is 10.1. The zero-order valence-corrected chi connectivity index (χ0v) is 10.7. The first-order valence-electron chi connectivity index (χ1n) is 5.70. The number of ether oxygens (including phenoxy) is 1. The fourth-order valence-corrected chi connectivity index (χ4v) is 1.32. The Bertz CT molecular complexity index is 390. The highest BCUT2D eigenvalue weighted by atomic mass is 16.7. The Morgan fingerprint density at radius 1 is 1.41 bits per heavy atom. The van der Waals surface area contributed by atoms with E-state index in [1.807, 2.05) is 32.0 Å². The van der Waals surface area contributed by atoms with Crippen LogP contribution >= 0.6 is 0 Å². The molecule has 0 aliphatic carbocycles. The van der Waals surface area contributed by atoms with Crippen LogP contribution in [-0.2, 0) is 9.63 Å². The average Bonchev–Trinajstić information content (AvgIpc) is 2.31. The van der Waals surface area contributed by atoms with Crippen LogP contribution in [0.25, 0.3) is 0 Å². The highest BCUT2D eigenvalue weighted by Crippen LogP contribution is 2.21. The first kappa shape index (κ1) is 13.5. The second-order valence-corrected chi connectivity index (χ2v) is 3.86. The number of rotatable bonds is 5. The SMILES string of the molecule is CCONC(=O)[C@H](C)Oc1cccc(C)c1C. The first-order chi connectivity index (χ1) is 8.06. The van der Waals surface area contributed by atoms with Gasteiger partial charge in [0.05, 0.1) is 6.61 Å². The van der Waals surface area contributed by atoms with Gasteiger partial charge in [-0.1, -0.05) is 12.1 Å². The van der Waals surface area contributed by atoms with E-state index in [1.165, 1.54) is 0 Å². The minimum atomic E-state index is -0.581. The zero-order valence-electron chi connectivity index (χ0n) is 10.7. The molecule has 0 spiro atoms. The fourth-order valence-electron chi connectivity index (χ4n) is 1.32. The second kappa shape index (κ2) is 6.25. The summed E-state index contributed by atoms with van der Waals surface area (Å²) < 4.78 is 5.59. The standard InChI is InChI=1S/C13H19NO3/c1-5-16-14-13(15)11(4)17-12-8-6-7-9(2)10(12)3/h6-8,11H,5H2,1-4H3,(H,14,15)/t11-/m0/s1. The van der Waals surface area contributed by atoms with Crippen LogP contribution in [0.15, 0.2) is 18.2 Å². The zero-order chi connectivity index (χ0) is 12.8. The van der Waals surface area contributed by atoms with Crippen molar-refractivity contribution in [1.29, 1.82) is 0 Å². The van der Waals surface area contributed by atoms with Gasteiger partial charge in [0.1, 0.15) is 5.75 Å². The molecule has 0 radical (unpaired) electrons. The number of hydroxylamine groups is 1. The molecule has 1 aromatic carbocycles. The Balaban J connectivity index is 2.64. The molecule has 94 valence electrons. The predicted octanol–water partition coefficient (Wildman–Crippen LogP) is 2.14. The Hall–Kier alpha value is -1.55. The minimum Gasteiger partial charge on any atom is -0.481 e. The highest BCUT2D eigenvalue weighted by molar-refractivity contribution is 5.79. The van der Waals surface area contributed by atoms with Gasteiger partial charge < -0.3 is 4.74 Å². The van der Waals surface area contributed by atoms with Gasteiger partial charge in [-0.3, -0.25) is 9.63 Å². The van der Waals surface area contributed by atoms with Crippen molar-refractivity contribution in [3.63, 3.8) is 0 Å². The predicted molar refractivity (Wildman–Crippen MR) is 65.8 cm³/mol. The molecule has 0 saturated carbocycles. The van der Waals surface area contributed by atoms with Gasteiger partial charge in [-0.2, -0.15) is 0 Å². The van der Waals surface area contributed by atoms with Crippen molar-refractivity contribution in [2.75, 3.05) is 6.61 Å². The largest absolute Gasteiger partial charge is 0.481 e. The summed E-state index contributed by atoms with van der Waals surface area (Å²) in [5, 5.41) is 0. The van der Waals surface area contributed by atoms with E-state index < -0.39 is 6.10 Å². The Kier molecular flexibility index (Phi) is 4.97. The van der Waals surface area contributed by atoms with Gasteiger partial charge in [-0.25, -0.2) is 5.48 Å². The van der Waals surface area contributed by atoms with E-state index >= 15 is 0 Å². The summed E-state index contributed by atoms with van der Waals surface area (Å²) in [4.78, 5) is 16.4. The molecule has 1 atom stereocenters. The number of amides is 1. The molecule has 1 aromatic rings. The quantitative estimate of drug-likeness (QED) is 0.798. The van der Waals surface area contributed by atoms with Gasteiger partial charge in [0.15, 0.2) is 6.10 Å². The lowest BCUT2D eigenvalue weighted by Crippen LogP contribution is -2.36. The summed E-state index contributed by atoms with van der Waals surface area (Å²) in [6, 6.07) is 5.77. The molecule has 1 amide bonds. The molecular formula is C13H19NO3. The summed E-state index contributed by atoms with van der Waals surface area (Å²) >= 11 is 0. The molecule has 1 rings (SSSR count). The maximum Gasteiger partial charge on any atom is 0.284 e. The van der Waals surface area contributed by atoms with Gasteiger partial charge in [-0.15, -0.1) is 0 Å². The molecule has 0 bridgehead atoms. The van der Waals surface area contributed by atoms with Gasteiger partial charge in [0.2, 0.25) is 0 Å². The minimum absolute atomic E-state index is 0.284. The third kappa shape index (κ3) is 3.75. The van der Waals surface area contributed by atoms with Crippen LogP contribution in [0, 0.1) is 13.8 Å². The van der Waals surface area contributed by atoms with E-state index in [1.54, 1.807) is 13.8 Å². The van der Waals surface area contributed by atoms with Crippen molar-refractivity contribution >= 4 is 5.91 Å². The summed E-state index contributed by atoms with van der Waals surface area (Å²) in [7, 11) is 0. The van der Waals surface area contributed by atoms with E-state index in [4.69, 9.17) is 9.57 Å². The van der Waals surface area contributed by atoms with Gasteiger partial charge in [0.25, 0.3) is 5.91 Å². The number of nitrogens with one attached hydrogen (secondary N) is 1. The fraction of sp³-hybridized carbons (Fsp3) is 0.462. The van der Waals surface area contributed by atoms with Crippen molar-refractivity contribution in [2.24, 2.45) is 0 Å². The monoisotopic (exact) mass is 237 g/mol. The molecule has 0 heterocycles. The number of hydrogen-bond acceptors (Lipinski definition) is 3. The summed E-state index contributed by atoms with van der Waals surface area (Å²) in [5.41, 5.74) is 4.51. The Labute approximate surface area is 102 Å². The molecule has 0 unspecified atom stereocenters. The summed E-state index contributed by atoms with van der Waals surface area (Å²) in [5.74, 6) is 0.442. The lowest BCUT2D eigenvalue weighted by molar-refractivity contribution is -0.139. The number of benzene rings is 1. The smallest absolute Gasteiger partial charge is 0.284 e. The third-order valence-corrected chi connectivity index (χ3v) is 2.54. The summed E-state index contributed by atoms with van der Waals surface area (Å²) in [6.07, 6.45) is -0.581. The topological polar surface area (TPSA) is 47.6 Å². The van der Waals surface area contributed by atoms with Crippen molar-refractivity contribution in [1.82, 2.24) is 5.48 Å². The van der Waals surface area contributed by atoms with Crippen molar-refractivity contribution in [2.45, 2.75) is 33.8 Å². The highest BCUT2D eigenvalue weighted by Gasteiger charge is 2.15. The van der Waals surface area contributed by atoms with Crippen molar-refractivity contribution < 1.29 is 14.4 Å². The van der Waals surface area contributed by atoms with E-state index in [-0.39, 0.29) is 5.91 Å². The molecule has 4 nitrogen and oxygen atoms in total. The van der Waals surface area contributed by atoms with E-state index in [2.05, 4.69) is 5.48 Å². The van der Waals surface area contributed by atoms with Gasteiger partial charge >= 0.3 is 0 Å². The number of aryl methyl sites for hydroxylation is 1. The van der Waals surface area contributed by atoms with Crippen LogP contribution in [-0.4, -0.2) is 18.6 Å².